The summed E-state index contributed by atoms with van der Waals surface area (Å²) in [7, 11) is 0. The van der Waals surface area contributed by atoms with Crippen molar-refractivity contribution in [2.75, 3.05) is 11.4 Å². The average molecular weight is 243 g/mol. The Kier molecular flexibility index (Phi) is 2.07. The van der Waals surface area contributed by atoms with E-state index in [-0.39, 0.29) is 5.82 Å². The maximum atomic E-state index is 14.0. The molecule has 1 saturated carbocycles. The lowest BCUT2D eigenvalue weighted by atomic mass is 10.1. The summed E-state index contributed by atoms with van der Waals surface area (Å²) in [5.41, 5.74) is 0.697. The summed E-state index contributed by atoms with van der Waals surface area (Å²) >= 11 is 0. The molecule has 2 heterocycles. The molecular weight excluding hydrogens is 229 g/mol. The number of halogens is 1. The molecule has 92 valence electrons. The Morgan fingerprint density at radius 2 is 2.17 bits per heavy atom. The van der Waals surface area contributed by atoms with Gasteiger partial charge in [-0.3, -0.25) is 0 Å². The van der Waals surface area contributed by atoms with Crippen molar-refractivity contribution in [3.05, 3.63) is 30.3 Å². The zero-order valence-corrected chi connectivity index (χ0v) is 10.0. The number of hydrogen-bond acceptors (Lipinski definition) is 3. The van der Waals surface area contributed by atoms with Gasteiger partial charge in [-0.15, -0.1) is 0 Å². The first kappa shape index (κ1) is 10.2. The van der Waals surface area contributed by atoms with E-state index in [0.29, 0.717) is 16.9 Å². The molecule has 2 aliphatic rings. The number of rotatable bonds is 1. The van der Waals surface area contributed by atoms with Gasteiger partial charge in [0.2, 0.25) is 0 Å². The van der Waals surface area contributed by atoms with Crippen LogP contribution in [-0.4, -0.2) is 22.6 Å². The molecule has 1 aromatic heterocycles. The fourth-order valence-electron chi connectivity index (χ4n) is 3.45. The molecule has 1 aliphatic carbocycles. The van der Waals surface area contributed by atoms with Crippen LogP contribution in [0, 0.1) is 11.7 Å². The molecule has 1 saturated heterocycles. The van der Waals surface area contributed by atoms with Gasteiger partial charge in [0, 0.05) is 12.6 Å². The third-order valence-electron chi connectivity index (χ3n) is 4.27. The van der Waals surface area contributed by atoms with Crippen LogP contribution in [0.2, 0.25) is 0 Å². The van der Waals surface area contributed by atoms with Crippen molar-refractivity contribution in [3.8, 4) is 0 Å². The first-order valence-corrected chi connectivity index (χ1v) is 6.49. The van der Waals surface area contributed by atoms with Crippen LogP contribution in [0.25, 0.3) is 10.9 Å². The van der Waals surface area contributed by atoms with Crippen molar-refractivity contribution in [1.29, 1.82) is 0 Å². The molecule has 0 amide bonds. The maximum Gasteiger partial charge on any atom is 0.143 e. The minimum absolute atomic E-state index is 0.217. The predicted molar refractivity (Wildman–Crippen MR) is 68.0 cm³/mol. The molecule has 2 bridgehead atoms. The van der Waals surface area contributed by atoms with Gasteiger partial charge in [-0.25, -0.2) is 14.4 Å². The first-order chi connectivity index (χ1) is 8.83. The molecule has 3 nitrogen and oxygen atoms in total. The molecule has 1 aromatic carbocycles. The van der Waals surface area contributed by atoms with Crippen molar-refractivity contribution in [2.24, 2.45) is 5.92 Å². The standard InChI is InChI=1S/C14H14FN3/c15-11-2-1-3-12-13(11)14(17-8-16-12)18-7-9-4-5-10(18)6-9/h1-3,8-10H,4-7H2. The molecular formula is C14H14FN3. The summed E-state index contributed by atoms with van der Waals surface area (Å²) < 4.78 is 14.0. The van der Waals surface area contributed by atoms with Gasteiger partial charge in [0.05, 0.1) is 10.9 Å². The number of benzene rings is 1. The van der Waals surface area contributed by atoms with Crippen molar-refractivity contribution >= 4 is 16.7 Å². The maximum absolute atomic E-state index is 14.0. The second-order valence-corrected chi connectivity index (χ2v) is 5.32. The van der Waals surface area contributed by atoms with Crippen LogP contribution < -0.4 is 4.90 Å². The van der Waals surface area contributed by atoms with Gasteiger partial charge in [-0.1, -0.05) is 6.07 Å². The van der Waals surface area contributed by atoms with Crippen molar-refractivity contribution in [2.45, 2.75) is 25.3 Å². The number of anilines is 1. The van der Waals surface area contributed by atoms with Crippen molar-refractivity contribution in [1.82, 2.24) is 9.97 Å². The Morgan fingerprint density at radius 3 is 2.94 bits per heavy atom. The smallest absolute Gasteiger partial charge is 0.143 e. The van der Waals surface area contributed by atoms with Crippen LogP contribution in [-0.2, 0) is 0 Å². The van der Waals surface area contributed by atoms with Gasteiger partial charge in [0.15, 0.2) is 0 Å². The summed E-state index contributed by atoms with van der Waals surface area (Å²) in [6, 6.07) is 5.58. The van der Waals surface area contributed by atoms with Crippen molar-refractivity contribution < 1.29 is 4.39 Å². The molecule has 0 N–H and O–H groups in total. The summed E-state index contributed by atoms with van der Waals surface area (Å²) in [6.45, 7) is 1.02. The van der Waals surface area contributed by atoms with Gasteiger partial charge in [-0.05, 0) is 37.3 Å². The van der Waals surface area contributed by atoms with E-state index in [1.807, 2.05) is 6.07 Å². The third kappa shape index (κ3) is 1.35. The van der Waals surface area contributed by atoms with E-state index in [1.54, 1.807) is 12.4 Å². The molecule has 2 fully saturated rings. The molecule has 0 spiro atoms. The van der Waals surface area contributed by atoms with Gasteiger partial charge < -0.3 is 4.90 Å². The lowest BCUT2D eigenvalue weighted by Gasteiger charge is -2.28. The van der Waals surface area contributed by atoms with Gasteiger partial charge in [0.25, 0.3) is 0 Å². The zero-order valence-electron chi connectivity index (χ0n) is 10.0. The van der Waals surface area contributed by atoms with Crippen LogP contribution in [0.4, 0.5) is 10.2 Å². The molecule has 4 heteroatoms. The number of hydrogen-bond donors (Lipinski definition) is 0. The molecule has 2 aromatic rings. The first-order valence-electron chi connectivity index (χ1n) is 6.49. The monoisotopic (exact) mass is 243 g/mol. The number of nitrogens with zero attached hydrogens (tertiary/aromatic N) is 3. The van der Waals surface area contributed by atoms with E-state index in [9.17, 15) is 4.39 Å². The number of piperidine rings is 1. The molecule has 1 aliphatic heterocycles. The van der Waals surface area contributed by atoms with Crippen LogP contribution in [0.15, 0.2) is 24.5 Å². The number of fused-ring (bicyclic) bond motifs is 3. The summed E-state index contributed by atoms with van der Waals surface area (Å²) in [6.07, 6.45) is 5.31. The van der Waals surface area contributed by atoms with E-state index in [4.69, 9.17) is 0 Å². The number of aromatic nitrogens is 2. The Bertz CT molecular complexity index is 608. The third-order valence-corrected chi connectivity index (χ3v) is 4.27. The van der Waals surface area contributed by atoms with E-state index < -0.39 is 0 Å². The Balaban J connectivity index is 1.90. The zero-order chi connectivity index (χ0) is 12.1. The molecule has 0 radical (unpaired) electrons. The highest BCUT2D eigenvalue weighted by molar-refractivity contribution is 5.90. The topological polar surface area (TPSA) is 29.0 Å². The molecule has 4 rings (SSSR count). The van der Waals surface area contributed by atoms with E-state index in [2.05, 4.69) is 14.9 Å². The average Bonchev–Trinajstić information content (AvgIpc) is 3.00. The SMILES string of the molecule is Fc1cccc2ncnc(N3CC4CCC3C4)c12. The minimum atomic E-state index is -0.217. The quantitative estimate of drug-likeness (QED) is 0.771. The van der Waals surface area contributed by atoms with E-state index in [0.717, 1.165) is 18.3 Å². The van der Waals surface area contributed by atoms with Crippen LogP contribution in [0.3, 0.4) is 0 Å². The lowest BCUT2D eigenvalue weighted by Crippen LogP contribution is -2.32. The molecule has 18 heavy (non-hydrogen) atoms. The predicted octanol–water partition coefficient (Wildman–Crippen LogP) is 2.76. The fraction of sp³-hybridized carbons (Fsp3) is 0.429. The Hall–Kier alpha value is -1.71. The Morgan fingerprint density at radius 1 is 1.22 bits per heavy atom. The highest BCUT2D eigenvalue weighted by Gasteiger charge is 2.39. The highest BCUT2D eigenvalue weighted by atomic mass is 19.1. The second-order valence-electron chi connectivity index (χ2n) is 5.32. The molecule has 2 unspecified atom stereocenters. The normalized spacial score (nSPS) is 26.2. The second kappa shape index (κ2) is 3.64. The van der Waals surface area contributed by atoms with Crippen LogP contribution in [0.1, 0.15) is 19.3 Å². The summed E-state index contributed by atoms with van der Waals surface area (Å²) in [4.78, 5) is 10.8. The summed E-state index contributed by atoms with van der Waals surface area (Å²) in [5.74, 6) is 1.34. The van der Waals surface area contributed by atoms with Crippen LogP contribution in [0.5, 0.6) is 0 Å². The summed E-state index contributed by atoms with van der Waals surface area (Å²) in [5, 5.41) is 0.576. The van der Waals surface area contributed by atoms with Gasteiger partial charge >= 0.3 is 0 Å². The van der Waals surface area contributed by atoms with E-state index in [1.165, 1.54) is 25.3 Å². The van der Waals surface area contributed by atoms with Crippen molar-refractivity contribution in [3.63, 3.8) is 0 Å². The highest BCUT2D eigenvalue weighted by Crippen LogP contribution is 2.41. The largest absolute Gasteiger partial charge is 0.353 e. The fourth-order valence-corrected chi connectivity index (χ4v) is 3.45. The molecule has 2 atom stereocenters. The van der Waals surface area contributed by atoms with E-state index >= 15 is 0 Å². The minimum Gasteiger partial charge on any atom is -0.353 e. The lowest BCUT2D eigenvalue weighted by molar-refractivity contribution is 0.550. The van der Waals surface area contributed by atoms with Gasteiger partial charge in [0.1, 0.15) is 18.0 Å². The van der Waals surface area contributed by atoms with Crippen LogP contribution >= 0.6 is 0 Å². The Labute approximate surface area is 105 Å². The van der Waals surface area contributed by atoms with Gasteiger partial charge in [-0.2, -0.15) is 0 Å².